The average molecular weight is 324 g/mol. The van der Waals surface area contributed by atoms with Crippen LogP contribution in [0.1, 0.15) is 58.4 Å². The first-order chi connectivity index (χ1) is 11.5. The predicted molar refractivity (Wildman–Crippen MR) is 87.8 cm³/mol. The van der Waals surface area contributed by atoms with E-state index in [1.807, 2.05) is 0 Å². The number of benzene rings is 1. The molecule has 1 aromatic rings. The fourth-order valence-electron chi connectivity index (χ4n) is 5.31. The summed E-state index contributed by atoms with van der Waals surface area (Å²) in [7, 11) is 0. The average Bonchev–Trinajstić information content (AvgIpc) is 2.53. The maximum absolute atomic E-state index is 11.3. The van der Waals surface area contributed by atoms with E-state index in [0.29, 0.717) is 23.3 Å². The molecule has 0 aromatic heterocycles. The summed E-state index contributed by atoms with van der Waals surface area (Å²) in [6, 6.07) is 4.33. The fraction of sp³-hybridized carbons (Fsp3) is 0.500. The van der Waals surface area contributed by atoms with Crippen molar-refractivity contribution in [2.24, 2.45) is 29.6 Å². The predicted octanol–water partition coefficient (Wildman–Crippen LogP) is 3.51. The van der Waals surface area contributed by atoms with Gasteiger partial charge in [0.15, 0.2) is 0 Å². The Morgan fingerprint density at radius 1 is 0.875 bits per heavy atom. The van der Waals surface area contributed by atoms with E-state index in [4.69, 9.17) is 5.11 Å². The minimum Gasteiger partial charge on any atom is -0.478 e. The smallest absolute Gasteiger partial charge is 0.336 e. The van der Waals surface area contributed by atoms with Crippen molar-refractivity contribution in [1.82, 2.24) is 0 Å². The van der Waals surface area contributed by atoms with Gasteiger partial charge >= 0.3 is 11.9 Å². The lowest BCUT2D eigenvalue weighted by Crippen LogP contribution is -2.44. The van der Waals surface area contributed by atoms with E-state index in [0.717, 1.165) is 11.8 Å². The Bertz CT molecular complexity index is 740. The van der Waals surface area contributed by atoms with Gasteiger partial charge in [0, 0.05) is 11.5 Å². The third-order valence-electron chi connectivity index (χ3n) is 6.09. The molecule has 0 radical (unpaired) electrons. The molecule has 4 saturated carbocycles. The van der Waals surface area contributed by atoms with Crippen LogP contribution in [0.5, 0.6) is 0 Å². The highest BCUT2D eigenvalue weighted by Crippen LogP contribution is 2.56. The van der Waals surface area contributed by atoms with Crippen molar-refractivity contribution >= 4 is 11.9 Å². The van der Waals surface area contributed by atoms with E-state index in [1.165, 1.54) is 44.2 Å². The van der Waals surface area contributed by atoms with E-state index < -0.39 is 11.9 Å². The molecule has 0 atom stereocenters. The third-order valence-corrected chi connectivity index (χ3v) is 6.09. The minimum absolute atomic E-state index is 0.192. The lowest BCUT2D eigenvalue weighted by Gasteiger charge is -2.52. The third kappa shape index (κ3) is 2.58. The molecule has 0 amide bonds. The van der Waals surface area contributed by atoms with Crippen LogP contribution in [-0.2, 0) is 0 Å². The molecule has 0 saturated heterocycles. The summed E-state index contributed by atoms with van der Waals surface area (Å²) in [5.74, 6) is 7.70. The first kappa shape index (κ1) is 15.3. The molecule has 2 N–H and O–H groups in total. The summed E-state index contributed by atoms with van der Waals surface area (Å²) in [5, 5.41) is 18.3. The van der Waals surface area contributed by atoms with Crippen LogP contribution in [0.15, 0.2) is 18.2 Å². The van der Waals surface area contributed by atoms with E-state index in [-0.39, 0.29) is 11.1 Å². The molecule has 0 unspecified atom stereocenters. The second-order valence-corrected chi connectivity index (χ2v) is 7.60. The highest BCUT2D eigenvalue weighted by atomic mass is 16.4. The molecule has 4 bridgehead atoms. The van der Waals surface area contributed by atoms with Crippen LogP contribution in [0, 0.1) is 41.4 Å². The van der Waals surface area contributed by atoms with Gasteiger partial charge in [-0.1, -0.05) is 11.8 Å². The second-order valence-electron chi connectivity index (χ2n) is 7.60. The highest BCUT2D eigenvalue weighted by molar-refractivity contribution is 6.01. The second kappa shape index (κ2) is 5.66. The molecule has 4 aliphatic rings. The van der Waals surface area contributed by atoms with Gasteiger partial charge < -0.3 is 10.2 Å². The zero-order chi connectivity index (χ0) is 16.8. The minimum atomic E-state index is -1.23. The van der Waals surface area contributed by atoms with Gasteiger partial charge in [0.2, 0.25) is 0 Å². The van der Waals surface area contributed by atoms with Gasteiger partial charge in [-0.15, -0.1) is 0 Å². The molecule has 0 heterocycles. The molecule has 4 fully saturated rings. The monoisotopic (exact) mass is 324 g/mol. The Labute approximate surface area is 140 Å². The van der Waals surface area contributed by atoms with Crippen LogP contribution in [0.25, 0.3) is 0 Å². The van der Waals surface area contributed by atoms with Crippen LogP contribution in [0.3, 0.4) is 0 Å². The molecular formula is C20H20O4. The Balaban J connectivity index is 1.60. The Morgan fingerprint density at radius 3 is 2.00 bits per heavy atom. The van der Waals surface area contributed by atoms with Crippen LogP contribution >= 0.6 is 0 Å². The lowest BCUT2D eigenvalue weighted by molar-refractivity contribution is -0.0122. The molecule has 0 aliphatic heterocycles. The van der Waals surface area contributed by atoms with Gasteiger partial charge in [0.1, 0.15) is 0 Å². The highest BCUT2D eigenvalue weighted by Gasteiger charge is 2.47. The number of hydrogen-bond donors (Lipinski definition) is 2. The van der Waals surface area contributed by atoms with Crippen LogP contribution < -0.4 is 0 Å². The molecule has 5 rings (SSSR count). The Hall–Kier alpha value is -2.28. The van der Waals surface area contributed by atoms with E-state index in [2.05, 4.69) is 11.8 Å². The van der Waals surface area contributed by atoms with Crippen molar-refractivity contribution in [2.45, 2.75) is 32.1 Å². The first-order valence-corrected chi connectivity index (χ1v) is 8.63. The van der Waals surface area contributed by atoms with Crippen molar-refractivity contribution in [2.75, 3.05) is 0 Å². The summed E-state index contributed by atoms with van der Waals surface area (Å²) in [6.45, 7) is 0. The number of carboxylic acid groups (broad SMARTS) is 2. The van der Waals surface area contributed by atoms with Gasteiger partial charge in [-0.25, -0.2) is 9.59 Å². The van der Waals surface area contributed by atoms with Gasteiger partial charge in [-0.3, -0.25) is 0 Å². The zero-order valence-corrected chi connectivity index (χ0v) is 13.4. The van der Waals surface area contributed by atoms with Gasteiger partial charge in [0.05, 0.1) is 11.1 Å². The van der Waals surface area contributed by atoms with Crippen molar-refractivity contribution in [3.8, 4) is 11.8 Å². The van der Waals surface area contributed by atoms with Gasteiger partial charge in [-0.05, 0) is 74.0 Å². The van der Waals surface area contributed by atoms with E-state index in [1.54, 1.807) is 6.07 Å². The summed E-state index contributed by atoms with van der Waals surface area (Å²) >= 11 is 0. The number of carbonyl (C=O) groups is 2. The number of rotatable bonds is 2. The molecule has 0 spiro atoms. The molecule has 4 heteroatoms. The Morgan fingerprint density at radius 2 is 1.46 bits per heavy atom. The summed E-state index contributed by atoms with van der Waals surface area (Å²) in [4.78, 5) is 22.4. The van der Waals surface area contributed by atoms with Gasteiger partial charge in [0.25, 0.3) is 0 Å². The largest absolute Gasteiger partial charge is 0.478 e. The summed E-state index contributed by atoms with van der Waals surface area (Å²) < 4.78 is 0. The molecule has 124 valence electrons. The fourth-order valence-corrected chi connectivity index (χ4v) is 5.31. The topological polar surface area (TPSA) is 74.6 Å². The quantitative estimate of drug-likeness (QED) is 0.816. The van der Waals surface area contributed by atoms with E-state index >= 15 is 0 Å². The number of aromatic carboxylic acids is 2. The standard InChI is InChI=1S/C20H20O4/c21-19(22)17-4-2-11(10-18(17)20(23)24)1-3-16-14-6-12-5-13(8-14)9-15(16)7-12/h2,4,10,12-16H,5-9H2,(H,21,22)(H,23,24). The SMILES string of the molecule is O=C(O)c1ccc(C#CC2C3CC4CC(C3)CC2C4)cc1C(=O)O. The van der Waals surface area contributed by atoms with Gasteiger partial charge in [-0.2, -0.15) is 0 Å². The van der Waals surface area contributed by atoms with E-state index in [9.17, 15) is 14.7 Å². The van der Waals surface area contributed by atoms with Crippen LogP contribution in [0.4, 0.5) is 0 Å². The molecule has 1 aromatic carbocycles. The maximum atomic E-state index is 11.3. The van der Waals surface area contributed by atoms with Crippen LogP contribution in [0.2, 0.25) is 0 Å². The number of hydrogen-bond acceptors (Lipinski definition) is 2. The van der Waals surface area contributed by atoms with Crippen molar-refractivity contribution < 1.29 is 19.8 Å². The molecule has 4 nitrogen and oxygen atoms in total. The molecule has 4 aliphatic carbocycles. The van der Waals surface area contributed by atoms with Crippen molar-refractivity contribution in [1.29, 1.82) is 0 Å². The van der Waals surface area contributed by atoms with Crippen LogP contribution in [-0.4, -0.2) is 22.2 Å². The van der Waals surface area contributed by atoms with Crippen molar-refractivity contribution in [3.63, 3.8) is 0 Å². The maximum Gasteiger partial charge on any atom is 0.336 e. The molecular weight excluding hydrogens is 304 g/mol. The Kier molecular flexibility index (Phi) is 3.60. The molecule has 24 heavy (non-hydrogen) atoms. The summed E-state index contributed by atoms with van der Waals surface area (Å²) in [5.41, 5.74) is 0.202. The lowest BCUT2D eigenvalue weighted by atomic mass is 9.52. The van der Waals surface area contributed by atoms with Crippen molar-refractivity contribution in [3.05, 3.63) is 34.9 Å². The first-order valence-electron chi connectivity index (χ1n) is 8.63. The normalized spacial score (nSPS) is 32.9. The summed E-state index contributed by atoms with van der Waals surface area (Å²) in [6.07, 6.45) is 6.59. The number of carboxylic acids is 2. The zero-order valence-electron chi connectivity index (χ0n) is 13.4.